The Morgan fingerprint density at radius 3 is 2.16 bits per heavy atom. The van der Waals surface area contributed by atoms with Gasteiger partial charge in [-0.15, -0.1) is 0 Å². The van der Waals surface area contributed by atoms with Crippen molar-refractivity contribution < 1.29 is 9.59 Å². The number of fused-ring (bicyclic) bond motifs is 1. The van der Waals surface area contributed by atoms with Gasteiger partial charge in [-0.2, -0.15) is 0 Å². The highest BCUT2D eigenvalue weighted by molar-refractivity contribution is 8.24. The molecule has 4 rings (SSSR count). The van der Waals surface area contributed by atoms with Gasteiger partial charge in [-0.1, -0.05) is 53.3 Å². The van der Waals surface area contributed by atoms with E-state index in [1.807, 2.05) is 19.9 Å². The molecule has 1 saturated heterocycles. The first-order valence-electron chi connectivity index (χ1n) is 10.6. The number of hydrogen-bond acceptors (Lipinski definition) is 5. The van der Waals surface area contributed by atoms with Crippen LogP contribution in [0.3, 0.4) is 0 Å². The second-order valence-corrected chi connectivity index (χ2v) is 10.6. The predicted octanol–water partition coefficient (Wildman–Crippen LogP) is 6.25. The van der Waals surface area contributed by atoms with E-state index in [2.05, 4.69) is 30.3 Å². The number of rotatable bonds is 4. The predicted molar refractivity (Wildman–Crippen MR) is 137 cm³/mol. The molecule has 4 nitrogen and oxygen atoms in total. The highest BCUT2D eigenvalue weighted by Crippen LogP contribution is 2.51. The Morgan fingerprint density at radius 2 is 1.59 bits per heavy atom. The van der Waals surface area contributed by atoms with E-state index in [0.29, 0.717) is 18.1 Å². The summed E-state index contributed by atoms with van der Waals surface area (Å²) in [6.45, 7) is 4.54. The summed E-state index contributed by atoms with van der Waals surface area (Å²) < 4.78 is 1.21. The lowest BCUT2D eigenvalue weighted by Crippen LogP contribution is -2.55. The molecule has 166 valence electrons. The molecule has 0 bridgehead atoms. The van der Waals surface area contributed by atoms with Crippen LogP contribution in [0.25, 0.3) is 0 Å². The minimum atomic E-state index is -0.348. The largest absolute Gasteiger partial charge is 0.285 e. The molecule has 1 fully saturated rings. The minimum absolute atomic E-state index is 0.127. The molecule has 2 amide bonds. The number of amides is 2. The molecule has 0 saturated carbocycles. The average molecular weight is 503 g/mol. The van der Waals surface area contributed by atoms with E-state index < -0.39 is 0 Å². The number of carbonyl (C=O) groups excluding carboxylic acids is 2. The van der Waals surface area contributed by atoms with Gasteiger partial charge in [0.05, 0.1) is 4.24 Å². The molecule has 3 aliphatic rings. The molecule has 8 heteroatoms. The molecule has 2 aliphatic heterocycles. The van der Waals surface area contributed by atoms with Gasteiger partial charge in [0.2, 0.25) is 0 Å². The van der Waals surface area contributed by atoms with Crippen LogP contribution in [0.2, 0.25) is 0 Å². The normalized spacial score (nSPS) is 20.5. The number of hydrogen-bond donors (Lipinski definition) is 0. The summed E-state index contributed by atoms with van der Waals surface area (Å²) in [5.41, 5.74) is 2.17. The molecule has 1 aromatic carbocycles. The van der Waals surface area contributed by atoms with E-state index in [1.165, 1.54) is 23.8 Å². The summed E-state index contributed by atoms with van der Waals surface area (Å²) in [4.78, 5) is 31.1. The quantitative estimate of drug-likeness (QED) is 0.276. The molecule has 1 aromatic rings. The van der Waals surface area contributed by atoms with E-state index in [4.69, 9.17) is 23.8 Å². The molecule has 0 radical (unpaired) electrons. The zero-order valence-electron chi connectivity index (χ0n) is 17.9. The fourth-order valence-electron chi connectivity index (χ4n) is 3.83. The number of halogens is 1. The van der Waals surface area contributed by atoms with Crippen LogP contribution in [0.4, 0.5) is 0 Å². The monoisotopic (exact) mass is 502 g/mol. The molecule has 0 unspecified atom stereocenters. The van der Waals surface area contributed by atoms with Crippen molar-refractivity contribution in [2.45, 2.75) is 42.9 Å². The van der Waals surface area contributed by atoms with E-state index in [9.17, 15) is 9.59 Å². The fraction of sp³-hybridized carbons (Fsp3) is 0.292. The lowest BCUT2D eigenvalue weighted by Gasteiger charge is -2.35. The SMILES string of the molecule is CCN1C(=O)C(=CC=C2CCCC(C=C3Sc4ccccc4S3)=C2Cl)C(=O)N(CC)C1=S. The number of thiocarbonyl (C=S) groups is 1. The lowest BCUT2D eigenvalue weighted by atomic mass is 9.94. The van der Waals surface area contributed by atoms with E-state index >= 15 is 0 Å². The highest BCUT2D eigenvalue weighted by atomic mass is 35.5. The third-order valence-corrected chi connectivity index (χ3v) is 8.86. The third-order valence-electron chi connectivity index (χ3n) is 5.51. The number of allylic oxidation sites excluding steroid dienone is 6. The maximum absolute atomic E-state index is 12.8. The second kappa shape index (κ2) is 10.00. The summed E-state index contributed by atoms with van der Waals surface area (Å²) in [5.74, 6) is -0.697. The van der Waals surface area contributed by atoms with Gasteiger partial charge < -0.3 is 0 Å². The Labute approximate surface area is 207 Å². The molecule has 32 heavy (non-hydrogen) atoms. The molecule has 0 atom stereocenters. The van der Waals surface area contributed by atoms with Gasteiger partial charge in [-0.05, 0) is 80.8 Å². The number of nitrogens with zero attached hydrogens (tertiary/aromatic N) is 2. The Bertz CT molecular complexity index is 1060. The maximum Gasteiger partial charge on any atom is 0.265 e. The number of likely N-dealkylation sites (N-methyl/N-ethyl adjacent to an activating group) is 2. The van der Waals surface area contributed by atoms with E-state index in [-0.39, 0.29) is 22.5 Å². The van der Waals surface area contributed by atoms with Crippen LogP contribution >= 0.6 is 47.3 Å². The van der Waals surface area contributed by atoms with Crippen molar-refractivity contribution >= 4 is 64.3 Å². The first kappa shape index (κ1) is 23.4. The molecular formula is C24H23ClN2O2S3. The Kier molecular flexibility index (Phi) is 7.30. The zero-order chi connectivity index (χ0) is 22.8. The first-order chi connectivity index (χ1) is 15.4. The topological polar surface area (TPSA) is 40.6 Å². The lowest BCUT2D eigenvalue weighted by molar-refractivity contribution is -0.133. The summed E-state index contributed by atoms with van der Waals surface area (Å²) in [5, 5.41) is 0.982. The van der Waals surface area contributed by atoms with Crippen LogP contribution < -0.4 is 0 Å². The Morgan fingerprint density at radius 1 is 1.00 bits per heavy atom. The van der Waals surface area contributed by atoms with Crippen molar-refractivity contribution in [1.29, 1.82) is 0 Å². The Hall–Kier alpha value is -1.80. The Balaban J connectivity index is 1.62. The van der Waals surface area contributed by atoms with Crippen LogP contribution in [-0.4, -0.2) is 39.8 Å². The summed E-state index contributed by atoms with van der Waals surface area (Å²) in [6.07, 6.45) is 8.30. The molecule has 0 N–H and O–H groups in total. The molecular weight excluding hydrogens is 480 g/mol. The van der Waals surface area contributed by atoms with Crippen LogP contribution in [0, 0.1) is 0 Å². The van der Waals surface area contributed by atoms with Crippen LogP contribution in [0.15, 0.2) is 78.3 Å². The van der Waals surface area contributed by atoms with Gasteiger partial charge in [0.15, 0.2) is 5.11 Å². The van der Waals surface area contributed by atoms with Crippen molar-refractivity contribution in [3.05, 3.63) is 68.5 Å². The number of carbonyl (C=O) groups is 2. The van der Waals surface area contributed by atoms with Crippen molar-refractivity contribution in [2.75, 3.05) is 13.1 Å². The van der Waals surface area contributed by atoms with Gasteiger partial charge in [0.1, 0.15) is 5.57 Å². The van der Waals surface area contributed by atoms with Gasteiger partial charge in [-0.3, -0.25) is 19.4 Å². The van der Waals surface area contributed by atoms with Crippen molar-refractivity contribution in [2.24, 2.45) is 0 Å². The van der Waals surface area contributed by atoms with Crippen LogP contribution in [0.5, 0.6) is 0 Å². The standard InChI is InChI=1S/C24H23ClN2O2S3/c1-3-26-22(28)17(23(29)27(4-2)24(26)30)13-12-15-8-7-9-16(21(15)25)14-20-31-18-10-5-6-11-19(18)32-20/h5-6,10-14H,3-4,7-9H2,1-2H3. The van der Waals surface area contributed by atoms with Crippen molar-refractivity contribution in [3.63, 3.8) is 0 Å². The van der Waals surface area contributed by atoms with Crippen LogP contribution in [-0.2, 0) is 9.59 Å². The summed E-state index contributed by atoms with van der Waals surface area (Å²) in [6, 6.07) is 8.36. The molecule has 1 aliphatic carbocycles. The molecule has 2 heterocycles. The number of thioether (sulfide) groups is 2. The fourth-order valence-corrected chi connectivity index (χ4v) is 6.98. The van der Waals surface area contributed by atoms with Crippen LogP contribution in [0.1, 0.15) is 33.1 Å². The van der Waals surface area contributed by atoms with Crippen molar-refractivity contribution in [3.8, 4) is 0 Å². The van der Waals surface area contributed by atoms with E-state index in [0.717, 1.165) is 30.4 Å². The first-order valence-corrected chi connectivity index (χ1v) is 13.0. The summed E-state index contributed by atoms with van der Waals surface area (Å²) >= 11 is 15.6. The van der Waals surface area contributed by atoms with Gasteiger partial charge in [0.25, 0.3) is 11.8 Å². The van der Waals surface area contributed by atoms with E-state index in [1.54, 1.807) is 29.6 Å². The smallest absolute Gasteiger partial charge is 0.265 e. The van der Waals surface area contributed by atoms with Crippen molar-refractivity contribution in [1.82, 2.24) is 9.80 Å². The zero-order valence-corrected chi connectivity index (χ0v) is 21.1. The summed E-state index contributed by atoms with van der Waals surface area (Å²) in [7, 11) is 0. The van der Waals surface area contributed by atoms with Gasteiger partial charge in [0, 0.05) is 27.9 Å². The maximum atomic E-state index is 12.8. The van der Waals surface area contributed by atoms with Gasteiger partial charge >= 0.3 is 0 Å². The number of benzene rings is 1. The molecule has 0 aromatic heterocycles. The minimum Gasteiger partial charge on any atom is -0.285 e. The van der Waals surface area contributed by atoms with Gasteiger partial charge in [-0.25, -0.2) is 0 Å². The highest BCUT2D eigenvalue weighted by Gasteiger charge is 2.37. The second-order valence-electron chi connectivity index (χ2n) is 7.46. The average Bonchev–Trinajstić information content (AvgIpc) is 3.19. The third kappa shape index (κ3) is 4.49. The molecule has 0 spiro atoms.